The maximum absolute atomic E-state index is 13.0. The fourth-order valence-electron chi connectivity index (χ4n) is 2.47. The molecular formula is C14H19FN2O3S. The summed E-state index contributed by atoms with van der Waals surface area (Å²) >= 11 is 0. The van der Waals surface area contributed by atoms with Crippen molar-refractivity contribution in [3.8, 4) is 0 Å². The number of hydrogen-bond acceptors (Lipinski definition) is 4. The SMILES string of the molecule is CC(C(=O)N1CCCCC1)S(=O)(=O)c1ccc(F)cc1N. The van der Waals surface area contributed by atoms with E-state index in [-0.39, 0.29) is 10.6 Å². The van der Waals surface area contributed by atoms with Crippen molar-refractivity contribution in [2.24, 2.45) is 0 Å². The van der Waals surface area contributed by atoms with Gasteiger partial charge in [-0.25, -0.2) is 12.8 Å². The van der Waals surface area contributed by atoms with Crippen LogP contribution in [0.4, 0.5) is 10.1 Å². The van der Waals surface area contributed by atoms with Gasteiger partial charge in [0.1, 0.15) is 11.1 Å². The van der Waals surface area contributed by atoms with Crippen LogP contribution in [0, 0.1) is 5.82 Å². The number of benzene rings is 1. The number of nitrogens with two attached hydrogens (primary N) is 1. The first-order chi connectivity index (χ1) is 9.84. The van der Waals surface area contributed by atoms with Crippen LogP contribution in [0.2, 0.25) is 0 Å². The number of rotatable bonds is 3. The standard InChI is InChI=1S/C14H19FN2O3S/c1-10(14(18)17-7-3-2-4-8-17)21(19,20)13-6-5-11(15)9-12(13)16/h5-6,9-10H,2-4,7-8,16H2,1H3. The third-order valence-corrected chi connectivity index (χ3v) is 5.88. The van der Waals surface area contributed by atoms with Crippen molar-refractivity contribution in [3.63, 3.8) is 0 Å². The number of sulfone groups is 1. The number of nitrogen functional groups attached to an aromatic ring is 1. The Bertz CT molecular complexity index is 640. The number of carbonyl (C=O) groups is 1. The van der Waals surface area contributed by atoms with Crippen LogP contribution >= 0.6 is 0 Å². The summed E-state index contributed by atoms with van der Waals surface area (Å²) in [4.78, 5) is 13.7. The highest BCUT2D eigenvalue weighted by atomic mass is 32.2. The highest BCUT2D eigenvalue weighted by Gasteiger charge is 2.34. The number of carbonyl (C=O) groups excluding carboxylic acids is 1. The normalized spacial score (nSPS) is 17.5. The van der Waals surface area contributed by atoms with Gasteiger partial charge in [-0.3, -0.25) is 4.79 Å². The van der Waals surface area contributed by atoms with Gasteiger partial charge in [0.05, 0.1) is 10.6 Å². The minimum absolute atomic E-state index is 0.173. The highest BCUT2D eigenvalue weighted by molar-refractivity contribution is 7.93. The van der Waals surface area contributed by atoms with Gasteiger partial charge >= 0.3 is 0 Å². The average Bonchev–Trinajstić information content (AvgIpc) is 2.46. The van der Waals surface area contributed by atoms with E-state index in [0.717, 1.165) is 37.5 Å². The lowest BCUT2D eigenvalue weighted by atomic mass is 10.1. The number of halogens is 1. The molecule has 21 heavy (non-hydrogen) atoms. The zero-order valence-corrected chi connectivity index (χ0v) is 12.7. The first-order valence-electron chi connectivity index (χ1n) is 6.92. The summed E-state index contributed by atoms with van der Waals surface area (Å²) in [6, 6.07) is 3.09. The van der Waals surface area contributed by atoms with E-state index in [1.54, 1.807) is 4.90 Å². The van der Waals surface area contributed by atoms with Crippen molar-refractivity contribution >= 4 is 21.4 Å². The van der Waals surface area contributed by atoms with Crippen molar-refractivity contribution < 1.29 is 17.6 Å². The Morgan fingerprint density at radius 1 is 1.29 bits per heavy atom. The fraction of sp³-hybridized carbons (Fsp3) is 0.500. The van der Waals surface area contributed by atoms with E-state index in [9.17, 15) is 17.6 Å². The van der Waals surface area contributed by atoms with Crippen LogP contribution in [0.5, 0.6) is 0 Å². The Labute approximate surface area is 123 Å². The van der Waals surface area contributed by atoms with Crippen LogP contribution in [0.3, 0.4) is 0 Å². The lowest BCUT2D eigenvalue weighted by Gasteiger charge is -2.29. The Morgan fingerprint density at radius 2 is 1.90 bits per heavy atom. The zero-order valence-electron chi connectivity index (χ0n) is 11.9. The molecule has 1 aliphatic heterocycles. The number of piperidine rings is 1. The number of anilines is 1. The second kappa shape index (κ2) is 6.01. The van der Waals surface area contributed by atoms with Gasteiger partial charge < -0.3 is 10.6 Å². The topological polar surface area (TPSA) is 80.5 Å². The van der Waals surface area contributed by atoms with E-state index in [0.29, 0.717) is 13.1 Å². The fourth-order valence-corrected chi connectivity index (χ4v) is 3.91. The molecule has 116 valence electrons. The second-order valence-corrected chi connectivity index (χ2v) is 7.49. The van der Waals surface area contributed by atoms with E-state index in [4.69, 9.17) is 5.73 Å². The largest absolute Gasteiger partial charge is 0.398 e. The van der Waals surface area contributed by atoms with Gasteiger partial charge in [-0.05, 0) is 44.4 Å². The maximum Gasteiger partial charge on any atom is 0.241 e. The summed E-state index contributed by atoms with van der Waals surface area (Å²) in [7, 11) is -3.92. The van der Waals surface area contributed by atoms with Crippen LogP contribution in [0.1, 0.15) is 26.2 Å². The minimum Gasteiger partial charge on any atom is -0.398 e. The molecule has 0 aromatic heterocycles. The summed E-state index contributed by atoms with van der Waals surface area (Å²) in [5.41, 5.74) is 5.41. The van der Waals surface area contributed by atoms with Crippen LogP contribution < -0.4 is 5.73 Å². The van der Waals surface area contributed by atoms with Crippen molar-refractivity contribution in [1.29, 1.82) is 0 Å². The summed E-state index contributed by atoms with van der Waals surface area (Å²) in [5, 5.41) is -1.22. The predicted molar refractivity (Wildman–Crippen MR) is 77.9 cm³/mol. The Hall–Kier alpha value is -1.63. The molecule has 1 atom stereocenters. The average molecular weight is 314 g/mol. The molecule has 1 heterocycles. The molecule has 0 radical (unpaired) electrons. The summed E-state index contributed by atoms with van der Waals surface area (Å²) in [6.07, 6.45) is 2.82. The van der Waals surface area contributed by atoms with Crippen molar-refractivity contribution in [2.45, 2.75) is 36.3 Å². The lowest BCUT2D eigenvalue weighted by molar-refractivity contribution is -0.131. The monoisotopic (exact) mass is 314 g/mol. The zero-order chi connectivity index (χ0) is 15.6. The first kappa shape index (κ1) is 15.8. The van der Waals surface area contributed by atoms with E-state index < -0.39 is 26.8 Å². The van der Waals surface area contributed by atoms with Crippen molar-refractivity contribution in [1.82, 2.24) is 4.90 Å². The molecule has 1 amide bonds. The molecule has 1 aromatic rings. The molecule has 1 saturated heterocycles. The molecular weight excluding hydrogens is 295 g/mol. The first-order valence-corrected chi connectivity index (χ1v) is 8.46. The predicted octanol–water partition coefficient (Wildman–Crippen LogP) is 1.58. The molecule has 2 N–H and O–H groups in total. The molecule has 7 heteroatoms. The molecule has 0 spiro atoms. The van der Waals surface area contributed by atoms with E-state index in [1.807, 2.05) is 0 Å². The number of likely N-dealkylation sites (tertiary alicyclic amines) is 1. The summed E-state index contributed by atoms with van der Waals surface area (Å²) < 4.78 is 38.0. The summed E-state index contributed by atoms with van der Waals surface area (Å²) in [5.74, 6) is -1.03. The quantitative estimate of drug-likeness (QED) is 0.678. The van der Waals surface area contributed by atoms with Crippen LogP contribution in [-0.4, -0.2) is 37.6 Å². The molecule has 0 saturated carbocycles. The molecule has 1 fully saturated rings. The van der Waals surface area contributed by atoms with Gasteiger partial charge in [0.25, 0.3) is 0 Å². The number of hydrogen-bond donors (Lipinski definition) is 1. The molecule has 0 bridgehead atoms. The van der Waals surface area contributed by atoms with E-state index in [1.165, 1.54) is 6.92 Å². The second-order valence-electron chi connectivity index (χ2n) is 5.26. The molecule has 1 aliphatic rings. The smallest absolute Gasteiger partial charge is 0.241 e. The van der Waals surface area contributed by atoms with Gasteiger partial charge in [0.15, 0.2) is 9.84 Å². The van der Waals surface area contributed by atoms with Gasteiger partial charge in [-0.15, -0.1) is 0 Å². The van der Waals surface area contributed by atoms with Crippen molar-refractivity contribution in [2.75, 3.05) is 18.8 Å². The Morgan fingerprint density at radius 3 is 2.48 bits per heavy atom. The number of nitrogens with zero attached hydrogens (tertiary/aromatic N) is 1. The lowest BCUT2D eigenvalue weighted by Crippen LogP contribution is -2.44. The minimum atomic E-state index is -3.92. The van der Waals surface area contributed by atoms with Crippen LogP contribution in [0.15, 0.2) is 23.1 Å². The van der Waals surface area contributed by atoms with Gasteiger partial charge in [0.2, 0.25) is 5.91 Å². The van der Waals surface area contributed by atoms with Gasteiger partial charge in [-0.2, -0.15) is 0 Å². The Balaban J connectivity index is 2.27. The van der Waals surface area contributed by atoms with E-state index in [2.05, 4.69) is 0 Å². The summed E-state index contributed by atoms with van der Waals surface area (Å²) in [6.45, 7) is 2.52. The van der Waals surface area contributed by atoms with Crippen LogP contribution in [-0.2, 0) is 14.6 Å². The number of amides is 1. The molecule has 0 aliphatic carbocycles. The van der Waals surface area contributed by atoms with Gasteiger partial charge in [0, 0.05) is 13.1 Å². The third kappa shape index (κ3) is 3.18. The molecule has 1 aromatic carbocycles. The van der Waals surface area contributed by atoms with Crippen LogP contribution in [0.25, 0.3) is 0 Å². The molecule has 1 unspecified atom stereocenters. The van der Waals surface area contributed by atoms with Gasteiger partial charge in [-0.1, -0.05) is 0 Å². The molecule has 5 nitrogen and oxygen atoms in total. The maximum atomic E-state index is 13.0. The highest BCUT2D eigenvalue weighted by Crippen LogP contribution is 2.25. The molecule has 2 rings (SSSR count). The van der Waals surface area contributed by atoms with Crippen molar-refractivity contribution in [3.05, 3.63) is 24.0 Å². The van der Waals surface area contributed by atoms with E-state index >= 15 is 0 Å². The third-order valence-electron chi connectivity index (χ3n) is 3.76. The Kier molecular flexibility index (Phi) is 4.51.